The number of amides is 1. The summed E-state index contributed by atoms with van der Waals surface area (Å²) < 4.78 is 26.7. The number of carbonyl (C=O) groups is 1. The van der Waals surface area contributed by atoms with Crippen molar-refractivity contribution in [3.63, 3.8) is 0 Å². The fourth-order valence-corrected chi connectivity index (χ4v) is 2.19. The number of nitrogens with one attached hydrogen (secondary N) is 2. The van der Waals surface area contributed by atoms with Crippen LogP contribution in [0, 0.1) is 0 Å². The van der Waals surface area contributed by atoms with Crippen molar-refractivity contribution in [2.45, 2.75) is 19.5 Å². The molecule has 0 fully saturated rings. The van der Waals surface area contributed by atoms with E-state index >= 15 is 0 Å². The summed E-state index contributed by atoms with van der Waals surface area (Å²) in [4.78, 5) is 11.9. The van der Waals surface area contributed by atoms with Gasteiger partial charge in [0.15, 0.2) is 0 Å². The summed E-state index contributed by atoms with van der Waals surface area (Å²) in [5, 5.41) is 12.6. The van der Waals surface area contributed by atoms with Gasteiger partial charge < -0.3 is 5.32 Å². The van der Waals surface area contributed by atoms with Gasteiger partial charge in [0.25, 0.3) is 12.3 Å². The number of aromatic amines is 1. The maximum atomic E-state index is 12.5. The first-order valence-electron chi connectivity index (χ1n) is 7.29. The van der Waals surface area contributed by atoms with E-state index in [1.165, 1.54) is 0 Å². The molecular formula is C16H15F2N5O. The Morgan fingerprint density at radius 2 is 2.04 bits per heavy atom. The number of rotatable bonds is 6. The Labute approximate surface area is 136 Å². The maximum Gasteiger partial charge on any atom is 0.279 e. The van der Waals surface area contributed by atoms with Crippen LogP contribution in [0.25, 0.3) is 0 Å². The molecule has 0 aliphatic rings. The summed E-state index contributed by atoms with van der Waals surface area (Å²) in [5.74, 6) is -0.519. The first kappa shape index (κ1) is 15.9. The van der Waals surface area contributed by atoms with Gasteiger partial charge in [-0.3, -0.25) is 14.6 Å². The van der Waals surface area contributed by atoms with Gasteiger partial charge in [0.05, 0.1) is 12.7 Å². The molecule has 1 aromatic carbocycles. The van der Waals surface area contributed by atoms with Crippen LogP contribution in [0.15, 0.2) is 48.8 Å². The van der Waals surface area contributed by atoms with Gasteiger partial charge >= 0.3 is 0 Å². The molecule has 0 spiro atoms. The number of hydrogen-bond donors (Lipinski definition) is 2. The number of benzene rings is 1. The normalized spacial score (nSPS) is 11.0. The highest BCUT2D eigenvalue weighted by atomic mass is 19.3. The highest BCUT2D eigenvalue weighted by Gasteiger charge is 2.15. The largest absolute Gasteiger partial charge is 0.346 e. The number of alkyl halides is 2. The molecule has 0 saturated carbocycles. The van der Waals surface area contributed by atoms with Gasteiger partial charge in [-0.2, -0.15) is 10.2 Å². The van der Waals surface area contributed by atoms with Crippen molar-refractivity contribution in [2.24, 2.45) is 0 Å². The second-order valence-corrected chi connectivity index (χ2v) is 5.22. The van der Waals surface area contributed by atoms with Crippen LogP contribution in [0.4, 0.5) is 8.78 Å². The lowest BCUT2D eigenvalue weighted by atomic mass is 10.2. The van der Waals surface area contributed by atoms with Crippen molar-refractivity contribution in [3.8, 4) is 0 Å². The molecule has 0 aliphatic heterocycles. The maximum absolute atomic E-state index is 12.5. The molecule has 24 heavy (non-hydrogen) atoms. The molecule has 0 radical (unpaired) electrons. The van der Waals surface area contributed by atoms with Crippen molar-refractivity contribution < 1.29 is 13.6 Å². The van der Waals surface area contributed by atoms with E-state index in [-0.39, 0.29) is 17.9 Å². The monoisotopic (exact) mass is 331 g/mol. The van der Waals surface area contributed by atoms with E-state index in [1.807, 2.05) is 36.5 Å². The van der Waals surface area contributed by atoms with Crippen molar-refractivity contribution >= 4 is 5.91 Å². The summed E-state index contributed by atoms with van der Waals surface area (Å²) in [6.45, 7) is 0.871. The second kappa shape index (κ2) is 7.03. The Hall–Kier alpha value is -3.03. The predicted octanol–water partition coefficient (Wildman–Crippen LogP) is 2.52. The zero-order valence-corrected chi connectivity index (χ0v) is 12.6. The second-order valence-electron chi connectivity index (χ2n) is 5.22. The van der Waals surface area contributed by atoms with Crippen LogP contribution in [0.5, 0.6) is 0 Å². The first-order chi connectivity index (χ1) is 11.6. The van der Waals surface area contributed by atoms with Gasteiger partial charge in [0, 0.05) is 18.3 Å². The lowest BCUT2D eigenvalue weighted by molar-refractivity contribution is 0.0946. The van der Waals surface area contributed by atoms with Gasteiger partial charge in [0.2, 0.25) is 0 Å². The molecule has 2 aromatic heterocycles. The Bertz CT molecular complexity index is 813. The van der Waals surface area contributed by atoms with E-state index in [9.17, 15) is 13.6 Å². The lowest BCUT2D eigenvalue weighted by Gasteiger charge is -2.01. The minimum atomic E-state index is -2.68. The molecule has 8 heteroatoms. The fourth-order valence-electron chi connectivity index (χ4n) is 2.19. The molecule has 1 amide bonds. The van der Waals surface area contributed by atoms with Crippen LogP contribution in [0.1, 0.15) is 33.7 Å². The van der Waals surface area contributed by atoms with Gasteiger partial charge in [0.1, 0.15) is 11.4 Å². The van der Waals surface area contributed by atoms with E-state index < -0.39 is 12.3 Å². The van der Waals surface area contributed by atoms with Crippen molar-refractivity contribution in [3.05, 3.63) is 71.3 Å². The molecule has 6 nitrogen and oxygen atoms in total. The number of H-pyrrole nitrogens is 1. The number of nitrogens with zero attached hydrogens (tertiary/aromatic N) is 3. The summed E-state index contributed by atoms with van der Waals surface area (Å²) in [5.41, 5.74) is 1.48. The minimum absolute atomic E-state index is 0.0676. The Balaban J connectivity index is 1.56. The highest BCUT2D eigenvalue weighted by Crippen LogP contribution is 2.16. The Morgan fingerprint density at radius 3 is 2.75 bits per heavy atom. The number of halogens is 2. The van der Waals surface area contributed by atoms with Gasteiger partial charge in [-0.15, -0.1) is 0 Å². The van der Waals surface area contributed by atoms with E-state index in [2.05, 4.69) is 20.6 Å². The highest BCUT2D eigenvalue weighted by molar-refractivity contribution is 5.92. The molecule has 0 saturated heterocycles. The zero-order chi connectivity index (χ0) is 16.9. The van der Waals surface area contributed by atoms with Crippen molar-refractivity contribution in [2.75, 3.05) is 0 Å². The molecule has 3 aromatic rings. The molecule has 2 heterocycles. The minimum Gasteiger partial charge on any atom is -0.346 e. The molecule has 124 valence electrons. The first-order valence-corrected chi connectivity index (χ1v) is 7.29. The van der Waals surface area contributed by atoms with Crippen molar-refractivity contribution in [1.29, 1.82) is 0 Å². The van der Waals surface area contributed by atoms with Crippen LogP contribution in [-0.4, -0.2) is 25.9 Å². The van der Waals surface area contributed by atoms with E-state index in [4.69, 9.17) is 0 Å². The summed E-state index contributed by atoms with van der Waals surface area (Å²) in [7, 11) is 0. The molecule has 2 N–H and O–H groups in total. The lowest BCUT2D eigenvalue weighted by Crippen LogP contribution is -2.22. The summed E-state index contributed by atoms with van der Waals surface area (Å²) in [6, 6.07) is 10.9. The third-order valence-corrected chi connectivity index (χ3v) is 3.39. The predicted molar refractivity (Wildman–Crippen MR) is 82.5 cm³/mol. The SMILES string of the molecule is O=C(NCc1cnn(Cc2ccccc2)c1)c1cc(C(F)F)[nH]n1. The number of hydrogen-bond acceptors (Lipinski definition) is 3. The zero-order valence-electron chi connectivity index (χ0n) is 12.6. The van der Waals surface area contributed by atoms with E-state index in [1.54, 1.807) is 10.9 Å². The quantitative estimate of drug-likeness (QED) is 0.729. The topological polar surface area (TPSA) is 75.6 Å². The molecule has 0 unspecified atom stereocenters. The van der Waals surface area contributed by atoms with Gasteiger partial charge in [-0.25, -0.2) is 8.78 Å². The average molecular weight is 331 g/mol. The van der Waals surface area contributed by atoms with Crippen molar-refractivity contribution in [1.82, 2.24) is 25.3 Å². The molecular weight excluding hydrogens is 316 g/mol. The van der Waals surface area contributed by atoms with Gasteiger partial charge in [-0.1, -0.05) is 30.3 Å². The Kier molecular flexibility index (Phi) is 4.64. The third-order valence-electron chi connectivity index (χ3n) is 3.39. The van der Waals surface area contributed by atoms with E-state index in [0.29, 0.717) is 6.54 Å². The smallest absolute Gasteiger partial charge is 0.279 e. The van der Waals surface area contributed by atoms with Crippen LogP contribution < -0.4 is 5.32 Å². The Morgan fingerprint density at radius 1 is 1.25 bits per heavy atom. The third kappa shape index (κ3) is 3.83. The van der Waals surface area contributed by atoms with Crippen LogP contribution in [-0.2, 0) is 13.1 Å². The van der Waals surface area contributed by atoms with Crippen LogP contribution >= 0.6 is 0 Å². The van der Waals surface area contributed by atoms with E-state index in [0.717, 1.165) is 17.2 Å². The fraction of sp³-hybridized carbons (Fsp3) is 0.188. The molecule has 0 atom stereocenters. The standard InChI is InChI=1S/C16H15F2N5O/c17-15(18)13-6-14(22-21-13)16(24)19-7-12-8-20-23(10-12)9-11-4-2-1-3-5-11/h1-6,8,10,15H,7,9H2,(H,19,24)(H,21,22). The number of aromatic nitrogens is 4. The molecule has 0 bridgehead atoms. The van der Waals surface area contributed by atoms with Crippen LogP contribution in [0.3, 0.4) is 0 Å². The number of carbonyl (C=O) groups excluding carboxylic acids is 1. The van der Waals surface area contributed by atoms with Crippen LogP contribution in [0.2, 0.25) is 0 Å². The summed E-state index contributed by atoms with van der Waals surface area (Å²) in [6.07, 6.45) is 0.788. The molecule has 3 rings (SSSR count). The van der Waals surface area contributed by atoms with Gasteiger partial charge in [-0.05, 0) is 11.6 Å². The summed E-state index contributed by atoms with van der Waals surface area (Å²) >= 11 is 0. The average Bonchev–Trinajstić information content (AvgIpc) is 3.23. The molecule has 0 aliphatic carbocycles.